The van der Waals surface area contributed by atoms with Crippen LogP contribution in [0.25, 0.3) is 0 Å². The summed E-state index contributed by atoms with van der Waals surface area (Å²) in [6.07, 6.45) is 10.5. The summed E-state index contributed by atoms with van der Waals surface area (Å²) in [6, 6.07) is -0.0658. The molecule has 0 aromatic heterocycles. The smallest absolute Gasteiger partial charge is 0.321 e. The standard InChI is InChI=1S/C17H31N3O2/c1-12-8-6-7-11-15(12)18-13(2)16(21)20-17(22)19-14-9-4-3-5-10-14/h12-15,18H,3-11H2,1-2H3,(H2,19,20,21,22)/t12-,13+,15-/m1/s1. The number of imide groups is 1. The molecule has 2 rings (SSSR count). The molecule has 5 heteroatoms. The Kier molecular flexibility index (Phi) is 6.68. The first-order valence-corrected chi connectivity index (χ1v) is 8.93. The number of hydrogen-bond acceptors (Lipinski definition) is 3. The van der Waals surface area contributed by atoms with E-state index < -0.39 is 0 Å². The highest BCUT2D eigenvalue weighted by molar-refractivity contribution is 5.96. The fourth-order valence-corrected chi connectivity index (χ4v) is 3.65. The lowest BCUT2D eigenvalue weighted by Gasteiger charge is -2.31. The number of amides is 3. The summed E-state index contributed by atoms with van der Waals surface area (Å²) in [7, 11) is 0. The highest BCUT2D eigenvalue weighted by Crippen LogP contribution is 2.24. The zero-order valence-corrected chi connectivity index (χ0v) is 14.0. The molecule has 0 radical (unpaired) electrons. The molecule has 126 valence electrons. The molecule has 0 heterocycles. The molecule has 5 nitrogen and oxygen atoms in total. The van der Waals surface area contributed by atoms with Gasteiger partial charge in [-0.1, -0.05) is 39.0 Å². The summed E-state index contributed by atoms with van der Waals surface area (Å²) >= 11 is 0. The molecule has 2 fully saturated rings. The van der Waals surface area contributed by atoms with Crippen LogP contribution in [-0.2, 0) is 4.79 Å². The van der Waals surface area contributed by atoms with E-state index in [1.807, 2.05) is 6.92 Å². The fourth-order valence-electron chi connectivity index (χ4n) is 3.65. The molecule has 2 aliphatic rings. The molecule has 3 N–H and O–H groups in total. The largest absolute Gasteiger partial charge is 0.335 e. The van der Waals surface area contributed by atoms with E-state index in [0.717, 1.165) is 32.1 Å². The monoisotopic (exact) mass is 309 g/mol. The van der Waals surface area contributed by atoms with Gasteiger partial charge < -0.3 is 10.6 Å². The Hall–Kier alpha value is -1.10. The molecule has 3 atom stereocenters. The Labute approximate surface area is 134 Å². The van der Waals surface area contributed by atoms with Gasteiger partial charge in [0.25, 0.3) is 0 Å². The molecule has 0 aromatic carbocycles. The van der Waals surface area contributed by atoms with Crippen LogP contribution >= 0.6 is 0 Å². The number of carbonyl (C=O) groups is 2. The summed E-state index contributed by atoms with van der Waals surface area (Å²) in [6.45, 7) is 4.07. The third-order valence-corrected chi connectivity index (χ3v) is 5.15. The predicted octanol–water partition coefficient (Wildman–Crippen LogP) is 2.70. The van der Waals surface area contributed by atoms with Crippen LogP contribution in [0.15, 0.2) is 0 Å². The maximum Gasteiger partial charge on any atom is 0.321 e. The first kappa shape index (κ1) is 17.3. The molecule has 2 aliphatic carbocycles. The van der Waals surface area contributed by atoms with Crippen molar-refractivity contribution < 1.29 is 9.59 Å². The minimum atomic E-state index is -0.345. The number of urea groups is 1. The number of carbonyl (C=O) groups excluding carboxylic acids is 2. The van der Waals surface area contributed by atoms with E-state index in [-0.39, 0.29) is 24.0 Å². The molecular formula is C17H31N3O2. The Morgan fingerprint density at radius 2 is 1.59 bits per heavy atom. The fraction of sp³-hybridized carbons (Fsp3) is 0.882. The summed E-state index contributed by atoms with van der Waals surface area (Å²) in [5.74, 6) is 0.367. The van der Waals surface area contributed by atoms with Crippen molar-refractivity contribution in [3.05, 3.63) is 0 Å². The van der Waals surface area contributed by atoms with Gasteiger partial charge in [-0.2, -0.15) is 0 Å². The molecule has 0 aliphatic heterocycles. The van der Waals surface area contributed by atoms with E-state index in [4.69, 9.17) is 0 Å². The van der Waals surface area contributed by atoms with Crippen molar-refractivity contribution in [3.63, 3.8) is 0 Å². The highest BCUT2D eigenvalue weighted by atomic mass is 16.2. The van der Waals surface area contributed by atoms with Crippen LogP contribution in [0.2, 0.25) is 0 Å². The van der Waals surface area contributed by atoms with Crippen LogP contribution < -0.4 is 16.0 Å². The SMILES string of the molecule is C[C@H](N[C@@H]1CCCC[C@H]1C)C(=O)NC(=O)NC1CCCCC1. The maximum absolute atomic E-state index is 12.1. The number of rotatable bonds is 4. The van der Waals surface area contributed by atoms with Crippen molar-refractivity contribution in [2.75, 3.05) is 0 Å². The Balaban J connectivity index is 1.71. The van der Waals surface area contributed by atoms with Gasteiger partial charge in [0.15, 0.2) is 0 Å². The second kappa shape index (κ2) is 8.51. The highest BCUT2D eigenvalue weighted by Gasteiger charge is 2.26. The third-order valence-electron chi connectivity index (χ3n) is 5.15. The zero-order chi connectivity index (χ0) is 15.9. The van der Waals surface area contributed by atoms with E-state index >= 15 is 0 Å². The summed E-state index contributed by atoms with van der Waals surface area (Å²) in [5, 5.41) is 8.78. The Bertz CT molecular complexity index is 380. The third kappa shape index (κ3) is 5.27. The molecule has 0 aromatic rings. The topological polar surface area (TPSA) is 70.2 Å². The second-order valence-corrected chi connectivity index (χ2v) is 7.05. The molecule has 2 saturated carbocycles. The lowest BCUT2D eigenvalue weighted by atomic mass is 9.85. The van der Waals surface area contributed by atoms with Crippen molar-refractivity contribution in [1.29, 1.82) is 0 Å². The van der Waals surface area contributed by atoms with Crippen LogP contribution in [0.4, 0.5) is 4.79 Å². The maximum atomic E-state index is 12.1. The van der Waals surface area contributed by atoms with Crippen molar-refractivity contribution >= 4 is 11.9 Å². The summed E-state index contributed by atoms with van der Waals surface area (Å²) in [5.41, 5.74) is 0. The van der Waals surface area contributed by atoms with Crippen molar-refractivity contribution in [1.82, 2.24) is 16.0 Å². The van der Waals surface area contributed by atoms with Gasteiger partial charge in [0.1, 0.15) is 0 Å². The molecule has 0 bridgehead atoms. The van der Waals surface area contributed by atoms with Gasteiger partial charge in [0, 0.05) is 12.1 Å². The van der Waals surface area contributed by atoms with E-state index in [2.05, 4.69) is 22.9 Å². The molecule has 0 spiro atoms. The first-order chi connectivity index (χ1) is 10.6. The van der Waals surface area contributed by atoms with Gasteiger partial charge in [-0.05, 0) is 38.5 Å². The zero-order valence-electron chi connectivity index (χ0n) is 14.0. The second-order valence-electron chi connectivity index (χ2n) is 7.05. The van der Waals surface area contributed by atoms with Gasteiger partial charge in [-0.25, -0.2) is 4.79 Å². The molecule has 0 saturated heterocycles. The van der Waals surface area contributed by atoms with E-state index in [1.54, 1.807) is 0 Å². The lowest BCUT2D eigenvalue weighted by Crippen LogP contribution is -2.53. The van der Waals surface area contributed by atoms with Crippen LogP contribution in [0, 0.1) is 5.92 Å². The van der Waals surface area contributed by atoms with Crippen molar-refractivity contribution in [2.45, 2.75) is 89.8 Å². The van der Waals surface area contributed by atoms with Gasteiger partial charge >= 0.3 is 6.03 Å². The lowest BCUT2D eigenvalue weighted by molar-refractivity contribution is -0.122. The van der Waals surface area contributed by atoms with Crippen LogP contribution in [0.3, 0.4) is 0 Å². The van der Waals surface area contributed by atoms with Gasteiger partial charge in [0.2, 0.25) is 5.91 Å². The molecule has 3 amide bonds. The van der Waals surface area contributed by atoms with Crippen LogP contribution in [0.1, 0.15) is 71.6 Å². The van der Waals surface area contributed by atoms with Gasteiger partial charge in [0.05, 0.1) is 6.04 Å². The minimum absolute atomic E-state index is 0.225. The predicted molar refractivity (Wildman–Crippen MR) is 87.6 cm³/mol. The summed E-state index contributed by atoms with van der Waals surface area (Å²) in [4.78, 5) is 24.1. The average molecular weight is 309 g/mol. The van der Waals surface area contributed by atoms with Gasteiger partial charge in [-0.3, -0.25) is 10.1 Å². The van der Waals surface area contributed by atoms with E-state index in [0.29, 0.717) is 12.0 Å². The average Bonchev–Trinajstić information content (AvgIpc) is 2.50. The van der Waals surface area contributed by atoms with Gasteiger partial charge in [-0.15, -0.1) is 0 Å². The molecular weight excluding hydrogens is 278 g/mol. The normalized spacial score (nSPS) is 27.9. The quantitative estimate of drug-likeness (QED) is 0.748. The summed E-state index contributed by atoms with van der Waals surface area (Å²) < 4.78 is 0. The van der Waals surface area contributed by atoms with Crippen LogP contribution in [0.5, 0.6) is 0 Å². The number of hydrogen-bond donors (Lipinski definition) is 3. The van der Waals surface area contributed by atoms with E-state index in [9.17, 15) is 9.59 Å². The Morgan fingerprint density at radius 3 is 2.27 bits per heavy atom. The molecule has 0 unspecified atom stereocenters. The van der Waals surface area contributed by atoms with Crippen molar-refractivity contribution in [2.24, 2.45) is 5.92 Å². The Morgan fingerprint density at radius 1 is 0.955 bits per heavy atom. The van der Waals surface area contributed by atoms with Crippen molar-refractivity contribution in [3.8, 4) is 0 Å². The first-order valence-electron chi connectivity index (χ1n) is 8.93. The van der Waals surface area contributed by atoms with Crippen LogP contribution in [-0.4, -0.2) is 30.1 Å². The number of nitrogens with one attached hydrogen (secondary N) is 3. The minimum Gasteiger partial charge on any atom is -0.335 e. The van der Waals surface area contributed by atoms with E-state index in [1.165, 1.54) is 25.7 Å². The molecule has 22 heavy (non-hydrogen) atoms.